The van der Waals surface area contributed by atoms with Gasteiger partial charge in [-0.1, -0.05) is 11.3 Å². The van der Waals surface area contributed by atoms with Crippen LogP contribution in [0.15, 0.2) is 57.2 Å². The average Bonchev–Trinajstić information content (AvgIpc) is 3.54. The molecular formula is C25H30N4O8S3. The van der Waals surface area contributed by atoms with Crippen molar-refractivity contribution in [3.05, 3.63) is 52.8 Å². The van der Waals surface area contributed by atoms with Gasteiger partial charge in [0.05, 0.1) is 39.1 Å². The monoisotopic (exact) mass is 610 g/mol. The standard InChI is InChI=1S/C25H30N4O8S3/c1-3-36-23(30)12-13-29-21-11-10-20(39(26,32)33)15-22(21)38-25(29)27-24(31)17-6-8-19(9-7-17)40(34,35)28(2)16-18-5-4-14-37-18/h6-11,15,18H,3-5,12-14,16H2,1-2H3,(H2,26,32,33). The maximum atomic E-state index is 13.1. The number of aryl methyl sites for hydroxylation is 1. The van der Waals surface area contributed by atoms with E-state index < -0.39 is 31.9 Å². The summed E-state index contributed by atoms with van der Waals surface area (Å²) in [6.07, 6.45) is 1.56. The summed E-state index contributed by atoms with van der Waals surface area (Å²) in [7, 11) is -6.25. The highest BCUT2D eigenvalue weighted by Gasteiger charge is 2.26. The van der Waals surface area contributed by atoms with Gasteiger partial charge < -0.3 is 14.0 Å². The Kier molecular flexibility index (Phi) is 9.22. The summed E-state index contributed by atoms with van der Waals surface area (Å²) in [6, 6.07) is 9.72. The molecule has 1 aliphatic rings. The van der Waals surface area contributed by atoms with Gasteiger partial charge >= 0.3 is 5.97 Å². The molecule has 1 atom stereocenters. The Morgan fingerprint density at radius 2 is 1.85 bits per heavy atom. The number of amides is 1. The highest BCUT2D eigenvalue weighted by Crippen LogP contribution is 2.23. The molecule has 0 bridgehead atoms. The van der Waals surface area contributed by atoms with Gasteiger partial charge in [0, 0.05) is 32.3 Å². The van der Waals surface area contributed by atoms with E-state index in [2.05, 4.69) is 4.99 Å². The minimum absolute atomic E-state index is 0.00393. The van der Waals surface area contributed by atoms with Gasteiger partial charge in [-0.2, -0.15) is 9.30 Å². The van der Waals surface area contributed by atoms with Crippen LogP contribution in [-0.4, -0.2) is 70.5 Å². The summed E-state index contributed by atoms with van der Waals surface area (Å²) in [4.78, 5) is 29.4. The molecule has 1 aliphatic heterocycles. The van der Waals surface area contributed by atoms with E-state index in [4.69, 9.17) is 14.6 Å². The van der Waals surface area contributed by atoms with Gasteiger partial charge in [-0.25, -0.2) is 22.0 Å². The Morgan fingerprint density at radius 1 is 1.15 bits per heavy atom. The van der Waals surface area contributed by atoms with Crippen LogP contribution < -0.4 is 9.94 Å². The van der Waals surface area contributed by atoms with E-state index in [-0.39, 0.29) is 52.4 Å². The van der Waals surface area contributed by atoms with Gasteiger partial charge in [0.15, 0.2) is 4.80 Å². The lowest BCUT2D eigenvalue weighted by atomic mass is 10.2. The highest BCUT2D eigenvalue weighted by atomic mass is 32.2. The maximum absolute atomic E-state index is 13.1. The van der Waals surface area contributed by atoms with Crippen LogP contribution in [0.25, 0.3) is 10.2 Å². The SMILES string of the molecule is CCOC(=O)CCn1c(=NC(=O)c2ccc(S(=O)(=O)N(C)CC3CCCO3)cc2)sc2cc(S(N)(=O)=O)ccc21. The molecule has 0 spiro atoms. The molecule has 1 aromatic heterocycles. The van der Waals surface area contributed by atoms with Crippen molar-refractivity contribution in [2.75, 3.05) is 26.8 Å². The predicted molar refractivity (Wildman–Crippen MR) is 148 cm³/mol. The molecule has 1 fully saturated rings. The number of rotatable bonds is 10. The average molecular weight is 611 g/mol. The van der Waals surface area contributed by atoms with Gasteiger partial charge in [-0.3, -0.25) is 9.59 Å². The summed E-state index contributed by atoms with van der Waals surface area (Å²) < 4.78 is 63.5. The summed E-state index contributed by atoms with van der Waals surface area (Å²) in [5, 5.41) is 5.26. The van der Waals surface area contributed by atoms with E-state index in [1.165, 1.54) is 53.8 Å². The van der Waals surface area contributed by atoms with Crippen LogP contribution in [0.5, 0.6) is 0 Å². The second-order valence-corrected chi connectivity index (χ2v) is 13.7. The fourth-order valence-corrected chi connectivity index (χ4v) is 7.15. The summed E-state index contributed by atoms with van der Waals surface area (Å²) in [5.41, 5.74) is 0.712. The Hall–Kier alpha value is -2.95. The fourth-order valence-electron chi connectivity index (χ4n) is 4.24. The lowest BCUT2D eigenvalue weighted by molar-refractivity contribution is -0.143. The van der Waals surface area contributed by atoms with Crippen molar-refractivity contribution in [1.82, 2.24) is 8.87 Å². The zero-order valence-electron chi connectivity index (χ0n) is 22.0. The number of primary sulfonamides is 1. The molecule has 0 saturated carbocycles. The smallest absolute Gasteiger partial charge is 0.307 e. The predicted octanol–water partition coefficient (Wildman–Crippen LogP) is 1.84. The van der Waals surface area contributed by atoms with Gasteiger partial charge in [0.25, 0.3) is 5.91 Å². The van der Waals surface area contributed by atoms with Crippen molar-refractivity contribution in [1.29, 1.82) is 0 Å². The molecule has 1 unspecified atom stereocenters. The minimum atomic E-state index is -3.96. The Balaban J connectivity index is 1.64. The Labute approximate surface area is 236 Å². The molecule has 2 aromatic carbocycles. The molecule has 2 N–H and O–H groups in total. The van der Waals surface area contributed by atoms with Crippen LogP contribution in [0, 0.1) is 0 Å². The Morgan fingerprint density at radius 3 is 2.48 bits per heavy atom. The molecule has 0 aliphatic carbocycles. The zero-order valence-corrected chi connectivity index (χ0v) is 24.4. The van der Waals surface area contributed by atoms with Gasteiger partial charge in [0.1, 0.15) is 0 Å². The van der Waals surface area contributed by atoms with Crippen LogP contribution in [0.2, 0.25) is 0 Å². The minimum Gasteiger partial charge on any atom is -0.466 e. The lowest BCUT2D eigenvalue weighted by Gasteiger charge is -2.20. The van der Waals surface area contributed by atoms with Crippen molar-refractivity contribution in [3.8, 4) is 0 Å². The first-order valence-corrected chi connectivity index (χ1v) is 16.3. The van der Waals surface area contributed by atoms with Gasteiger partial charge in [-0.15, -0.1) is 0 Å². The summed E-state index contributed by atoms with van der Waals surface area (Å²) in [6.45, 7) is 2.90. The number of carbonyl (C=O) groups is 2. The molecule has 12 nitrogen and oxygen atoms in total. The van der Waals surface area contributed by atoms with E-state index in [9.17, 15) is 26.4 Å². The number of aromatic nitrogens is 1. The molecular weight excluding hydrogens is 580 g/mol. The van der Waals surface area contributed by atoms with E-state index in [0.717, 1.165) is 24.2 Å². The number of esters is 1. The molecule has 4 rings (SSSR count). The molecule has 2 heterocycles. The number of carbonyl (C=O) groups excluding carboxylic acids is 2. The number of nitrogens with zero attached hydrogens (tertiary/aromatic N) is 3. The van der Waals surface area contributed by atoms with E-state index in [1.807, 2.05) is 0 Å². The van der Waals surface area contributed by atoms with Crippen LogP contribution >= 0.6 is 11.3 Å². The fraction of sp³-hybridized carbons (Fsp3) is 0.400. The van der Waals surface area contributed by atoms with E-state index >= 15 is 0 Å². The summed E-state index contributed by atoms with van der Waals surface area (Å²) >= 11 is 1.06. The molecule has 1 saturated heterocycles. The maximum Gasteiger partial charge on any atom is 0.307 e. The van der Waals surface area contributed by atoms with Crippen LogP contribution in [0.4, 0.5) is 0 Å². The number of ether oxygens (including phenoxy) is 2. The van der Waals surface area contributed by atoms with Crippen molar-refractivity contribution in [2.45, 2.75) is 48.6 Å². The Bertz CT molecular complexity index is 1690. The molecule has 15 heteroatoms. The number of fused-ring (bicyclic) bond motifs is 1. The number of thiazole rings is 1. The van der Waals surface area contributed by atoms with Crippen LogP contribution in [0.1, 0.15) is 36.5 Å². The zero-order chi connectivity index (χ0) is 29.1. The number of benzene rings is 2. The van der Waals surface area contributed by atoms with Gasteiger partial charge in [-0.05, 0) is 62.2 Å². The second-order valence-electron chi connectivity index (χ2n) is 9.13. The van der Waals surface area contributed by atoms with Crippen molar-refractivity contribution < 1.29 is 35.9 Å². The lowest BCUT2D eigenvalue weighted by Crippen LogP contribution is -2.34. The number of sulfonamides is 2. The molecule has 1 amide bonds. The third-order valence-corrected chi connectivity index (χ3v) is 10.1. The topological polar surface area (TPSA) is 167 Å². The first-order valence-electron chi connectivity index (χ1n) is 12.5. The highest BCUT2D eigenvalue weighted by molar-refractivity contribution is 7.89. The normalized spacial score (nSPS) is 16.6. The van der Waals surface area contributed by atoms with E-state index in [0.29, 0.717) is 16.8 Å². The van der Waals surface area contributed by atoms with Crippen LogP contribution in [0.3, 0.4) is 0 Å². The summed E-state index contributed by atoms with van der Waals surface area (Å²) in [5.74, 6) is -1.08. The van der Waals surface area contributed by atoms with Crippen molar-refractivity contribution in [3.63, 3.8) is 0 Å². The third kappa shape index (κ3) is 6.85. The van der Waals surface area contributed by atoms with Crippen LogP contribution in [-0.2, 0) is 40.9 Å². The number of nitrogens with two attached hydrogens (primary N) is 1. The number of hydrogen-bond acceptors (Lipinski definition) is 9. The molecule has 216 valence electrons. The van der Waals surface area contributed by atoms with Gasteiger partial charge in [0.2, 0.25) is 20.0 Å². The quantitative estimate of drug-likeness (QED) is 0.339. The molecule has 0 radical (unpaired) electrons. The first-order chi connectivity index (χ1) is 18.9. The number of likely N-dealkylation sites (N-methyl/N-ethyl adjacent to an activating group) is 1. The third-order valence-electron chi connectivity index (χ3n) is 6.32. The largest absolute Gasteiger partial charge is 0.466 e. The van der Waals surface area contributed by atoms with E-state index in [1.54, 1.807) is 11.5 Å². The van der Waals surface area contributed by atoms with Crippen molar-refractivity contribution in [2.24, 2.45) is 10.1 Å². The van der Waals surface area contributed by atoms with Crippen molar-refractivity contribution >= 4 is 53.5 Å². The molecule has 40 heavy (non-hydrogen) atoms. The number of hydrogen-bond donors (Lipinski definition) is 1. The second kappa shape index (κ2) is 12.3. The molecule has 3 aromatic rings. The first kappa shape index (κ1) is 30.0.